The number of hydrogen-bond acceptors (Lipinski definition) is 5. The van der Waals surface area contributed by atoms with E-state index in [1.165, 1.54) is 5.56 Å². The molecule has 2 heterocycles. The highest BCUT2D eigenvalue weighted by Gasteiger charge is 2.29. The summed E-state index contributed by atoms with van der Waals surface area (Å²) in [5, 5.41) is 8.10. The van der Waals surface area contributed by atoms with E-state index < -0.39 is 0 Å². The van der Waals surface area contributed by atoms with Gasteiger partial charge in [-0.1, -0.05) is 76.9 Å². The molecule has 4 aromatic rings. The Morgan fingerprint density at radius 1 is 1.06 bits per heavy atom. The van der Waals surface area contributed by atoms with Crippen molar-refractivity contribution in [1.29, 1.82) is 0 Å². The molecule has 5 rings (SSSR count). The van der Waals surface area contributed by atoms with Crippen molar-refractivity contribution in [3.63, 3.8) is 0 Å². The lowest BCUT2D eigenvalue weighted by molar-refractivity contribution is -0.127. The summed E-state index contributed by atoms with van der Waals surface area (Å²) in [6.45, 7) is 4.13. The Morgan fingerprint density at radius 2 is 1.78 bits per heavy atom. The monoisotopic (exact) mass is 500 g/mol. The van der Waals surface area contributed by atoms with Gasteiger partial charge >= 0.3 is 0 Å². The normalized spacial score (nSPS) is 17.0. The lowest BCUT2D eigenvalue weighted by Crippen LogP contribution is -2.43. The SMILES string of the molecule is Cc1ccc(C(NC(=O)C2CCCN(Cc3nc(-c4ccc(Cl)cc4)no3)C2)c2ccccc2)cc1. The summed E-state index contributed by atoms with van der Waals surface area (Å²) in [7, 11) is 0. The van der Waals surface area contributed by atoms with Gasteiger partial charge in [0.1, 0.15) is 0 Å². The number of rotatable bonds is 7. The van der Waals surface area contributed by atoms with Gasteiger partial charge in [-0.2, -0.15) is 4.98 Å². The molecule has 3 aromatic carbocycles. The van der Waals surface area contributed by atoms with Crippen molar-refractivity contribution in [3.05, 3.63) is 106 Å². The van der Waals surface area contributed by atoms with Gasteiger partial charge in [0, 0.05) is 17.1 Å². The van der Waals surface area contributed by atoms with Crippen LogP contribution in [0.1, 0.15) is 41.5 Å². The molecular weight excluding hydrogens is 472 g/mol. The molecule has 36 heavy (non-hydrogen) atoms. The van der Waals surface area contributed by atoms with Crippen LogP contribution in [0.25, 0.3) is 11.4 Å². The molecule has 0 bridgehead atoms. The highest BCUT2D eigenvalue weighted by atomic mass is 35.5. The van der Waals surface area contributed by atoms with E-state index in [0.717, 1.165) is 36.1 Å². The van der Waals surface area contributed by atoms with Crippen molar-refractivity contribution in [2.75, 3.05) is 13.1 Å². The van der Waals surface area contributed by atoms with Gasteiger partial charge in [0.05, 0.1) is 18.5 Å². The maximum Gasteiger partial charge on any atom is 0.241 e. The third-order valence-corrected chi connectivity index (χ3v) is 6.89. The molecule has 184 valence electrons. The van der Waals surface area contributed by atoms with Crippen LogP contribution < -0.4 is 5.32 Å². The van der Waals surface area contributed by atoms with Crippen molar-refractivity contribution in [1.82, 2.24) is 20.4 Å². The van der Waals surface area contributed by atoms with Crippen LogP contribution in [0.2, 0.25) is 5.02 Å². The first-order chi connectivity index (χ1) is 17.5. The molecule has 1 aromatic heterocycles. The first kappa shape index (κ1) is 24.2. The number of aromatic nitrogens is 2. The number of likely N-dealkylation sites (tertiary alicyclic amines) is 1. The average molecular weight is 501 g/mol. The van der Waals surface area contributed by atoms with Gasteiger partial charge in [0.2, 0.25) is 17.6 Å². The van der Waals surface area contributed by atoms with Gasteiger partial charge in [0.15, 0.2) is 0 Å². The van der Waals surface area contributed by atoms with Crippen molar-refractivity contribution in [2.24, 2.45) is 5.92 Å². The number of carbonyl (C=O) groups is 1. The summed E-state index contributed by atoms with van der Waals surface area (Å²) < 4.78 is 5.50. The molecule has 0 aliphatic carbocycles. The Balaban J connectivity index is 1.25. The van der Waals surface area contributed by atoms with Crippen LogP contribution in [-0.2, 0) is 11.3 Å². The number of halogens is 1. The van der Waals surface area contributed by atoms with Crippen molar-refractivity contribution in [3.8, 4) is 11.4 Å². The molecular formula is C29H29ClN4O2. The average Bonchev–Trinajstić information content (AvgIpc) is 3.37. The van der Waals surface area contributed by atoms with Gasteiger partial charge in [-0.25, -0.2) is 0 Å². The zero-order chi connectivity index (χ0) is 24.9. The predicted molar refractivity (Wildman–Crippen MR) is 140 cm³/mol. The minimum absolute atomic E-state index is 0.0708. The molecule has 0 saturated carbocycles. The fourth-order valence-corrected chi connectivity index (χ4v) is 4.79. The van der Waals surface area contributed by atoms with Crippen LogP contribution in [-0.4, -0.2) is 34.0 Å². The summed E-state index contributed by atoms with van der Waals surface area (Å²) in [4.78, 5) is 20.2. The highest BCUT2D eigenvalue weighted by Crippen LogP contribution is 2.26. The van der Waals surface area contributed by atoms with Crippen LogP contribution in [0.4, 0.5) is 0 Å². The van der Waals surface area contributed by atoms with Crippen molar-refractivity contribution in [2.45, 2.75) is 32.4 Å². The molecule has 1 amide bonds. The molecule has 2 atom stereocenters. The summed E-state index contributed by atoms with van der Waals surface area (Å²) >= 11 is 5.98. The van der Waals surface area contributed by atoms with E-state index in [9.17, 15) is 4.79 Å². The number of aryl methyl sites for hydroxylation is 1. The highest BCUT2D eigenvalue weighted by molar-refractivity contribution is 6.30. The van der Waals surface area contributed by atoms with Crippen LogP contribution in [0.5, 0.6) is 0 Å². The first-order valence-corrected chi connectivity index (χ1v) is 12.7. The van der Waals surface area contributed by atoms with Gasteiger partial charge in [-0.3, -0.25) is 9.69 Å². The summed E-state index contributed by atoms with van der Waals surface area (Å²) in [6.07, 6.45) is 1.80. The Bertz CT molecular complexity index is 1290. The quantitative estimate of drug-likeness (QED) is 0.346. The molecule has 0 radical (unpaired) electrons. The molecule has 1 N–H and O–H groups in total. The number of amides is 1. The minimum atomic E-state index is -0.187. The van der Waals surface area contributed by atoms with E-state index in [2.05, 4.69) is 63.7 Å². The second kappa shape index (κ2) is 11.1. The number of benzene rings is 3. The van der Waals surface area contributed by atoms with Crippen LogP contribution >= 0.6 is 11.6 Å². The van der Waals surface area contributed by atoms with E-state index >= 15 is 0 Å². The van der Waals surface area contributed by atoms with E-state index in [4.69, 9.17) is 16.1 Å². The molecule has 2 unspecified atom stereocenters. The van der Waals surface area contributed by atoms with Crippen LogP contribution in [0.15, 0.2) is 83.4 Å². The Kier molecular flexibility index (Phi) is 7.44. The second-order valence-electron chi connectivity index (χ2n) is 9.36. The summed E-state index contributed by atoms with van der Waals surface area (Å²) in [5.41, 5.74) is 4.20. The number of hydrogen-bond donors (Lipinski definition) is 1. The number of nitrogens with zero attached hydrogens (tertiary/aromatic N) is 3. The molecule has 0 spiro atoms. The Morgan fingerprint density at radius 3 is 2.53 bits per heavy atom. The Hall–Kier alpha value is -3.48. The third kappa shape index (κ3) is 5.83. The smallest absolute Gasteiger partial charge is 0.241 e. The molecule has 7 heteroatoms. The molecule has 1 aliphatic heterocycles. The van der Waals surface area contributed by atoms with E-state index in [1.807, 2.05) is 30.3 Å². The van der Waals surface area contributed by atoms with Gasteiger partial charge in [-0.15, -0.1) is 0 Å². The zero-order valence-electron chi connectivity index (χ0n) is 20.2. The summed E-state index contributed by atoms with van der Waals surface area (Å²) in [5.74, 6) is 1.05. The zero-order valence-corrected chi connectivity index (χ0v) is 21.0. The largest absolute Gasteiger partial charge is 0.345 e. The Labute approximate surface area is 216 Å². The van der Waals surface area contributed by atoms with Crippen LogP contribution in [0.3, 0.4) is 0 Å². The minimum Gasteiger partial charge on any atom is -0.345 e. The maximum absolute atomic E-state index is 13.4. The molecule has 1 saturated heterocycles. The standard InChI is InChI=1S/C29H29ClN4O2/c1-20-9-11-22(12-10-20)27(21-6-3-2-4-7-21)32-29(35)24-8-5-17-34(18-24)19-26-31-28(33-36-26)23-13-15-25(30)16-14-23/h2-4,6-7,9-16,24,27H,5,8,17-19H2,1H3,(H,32,35). The van der Waals surface area contributed by atoms with E-state index in [-0.39, 0.29) is 17.9 Å². The molecule has 1 fully saturated rings. The second-order valence-corrected chi connectivity index (χ2v) is 9.79. The number of piperidine rings is 1. The number of carbonyl (C=O) groups excluding carboxylic acids is 1. The van der Waals surface area contributed by atoms with Gasteiger partial charge < -0.3 is 9.84 Å². The molecule has 1 aliphatic rings. The molecule has 6 nitrogen and oxygen atoms in total. The van der Waals surface area contributed by atoms with Crippen LogP contribution in [0, 0.1) is 12.8 Å². The van der Waals surface area contributed by atoms with E-state index in [0.29, 0.717) is 29.8 Å². The number of nitrogens with one attached hydrogen (secondary N) is 1. The van der Waals surface area contributed by atoms with E-state index in [1.54, 1.807) is 12.1 Å². The lowest BCUT2D eigenvalue weighted by Gasteiger charge is -2.32. The fraction of sp³-hybridized carbons (Fsp3) is 0.276. The van der Waals surface area contributed by atoms with Crippen molar-refractivity contribution < 1.29 is 9.32 Å². The topological polar surface area (TPSA) is 71.3 Å². The maximum atomic E-state index is 13.4. The fourth-order valence-electron chi connectivity index (χ4n) is 4.66. The lowest BCUT2D eigenvalue weighted by atomic mass is 9.94. The first-order valence-electron chi connectivity index (χ1n) is 12.3. The van der Waals surface area contributed by atoms with Gasteiger partial charge in [0.25, 0.3) is 0 Å². The summed E-state index contributed by atoms with van der Waals surface area (Å²) in [6, 6.07) is 25.6. The third-order valence-electron chi connectivity index (χ3n) is 6.64. The van der Waals surface area contributed by atoms with Crippen molar-refractivity contribution >= 4 is 17.5 Å². The predicted octanol–water partition coefficient (Wildman–Crippen LogP) is 5.82. The van der Waals surface area contributed by atoms with Gasteiger partial charge in [-0.05, 0) is 61.7 Å².